The summed E-state index contributed by atoms with van der Waals surface area (Å²) in [7, 11) is 0. The maximum Gasteiger partial charge on any atom is 0.259 e. The molecular weight excluding hydrogens is 513 g/mol. The highest BCUT2D eigenvalue weighted by molar-refractivity contribution is 6.17. The number of nitrogens with zero attached hydrogens (tertiary/aromatic N) is 5. The minimum Gasteiger partial charge on any atom is -0.457 e. The molecule has 2 aromatic heterocycles. The normalized spacial score (nSPS) is 17.7. The van der Waals surface area contributed by atoms with E-state index in [0.29, 0.717) is 47.1 Å². The van der Waals surface area contributed by atoms with E-state index in [0.717, 1.165) is 31.2 Å². The Morgan fingerprint density at radius 2 is 1.85 bits per heavy atom. The number of likely N-dealkylation sites (tertiary alicyclic amines) is 1. The van der Waals surface area contributed by atoms with Crippen LogP contribution in [0, 0.1) is 11.7 Å². The quantitative estimate of drug-likeness (QED) is 0.205. The van der Waals surface area contributed by atoms with E-state index in [-0.39, 0.29) is 29.3 Å². The maximum absolute atomic E-state index is 13.5. The Bertz CT molecular complexity index is 1630. The van der Waals surface area contributed by atoms with Crippen LogP contribution in [-0.2, 0) is 9.59 Å². The molecule has 0 radical (unpaired) electrons. The predicted octanol–water partition coefficient (Wildman–Crippen LogP) is 3.99. The van der Waals surface area contributed by atoms with Gasteiger partial charge in [0.25, 0.3) is 11.8 Å². The van der Waals surface area contributed by atoms with Gasteiger partial charge in [-0.2, -0.15) is 5.10 Å². The zero-order valence-corrected chi connectivity index (χ0v) is 21.7. The number of fused-ring (bicyclic) bond motifs is 1. The van der Waals surface area contributed by atoms with Gasteiger partial charge in [-0.1, -0.05) is 12.1 Å². The van der Waals surface area contributed by atoms with Crippen LogP contribution >= 0.6 is 0 Å². The number of aromatic nitrogens is 4. The monoisotopic (exact) mass is 541 g/mol. The van der Waals surface area contributed by atoms with Crippen LogP contribution in [0.25, 0.3) is 22.3 Å². The van der Waals surface area contributed by atoms with Gasteiger partial charge in [0.05, 0.1) is 11.4 Å². The number of piperidine rings is 1. The summed E-state index contributed by atoms with van der Waals surface area (Å²) in [6.07, 6.45) is 6.54. The third-order valence-corrected chi connectivity index (χ3v) is 7.23. The largest absolute Gasteiger partial charge is 0.457 e. The van der Waals surface area contributed by atoms with E-state index in [4.69, 9.17) is 21.3 Å². The molecule has 6 rings (SSSR count). The van der Waals surface area contributed by atoms with Crippen molar-refractivity contribution in [1.82, 2.24) is 24.6 Å². The first-order chi connectivity index (χ1) is 19.4. The molecule has 1 saturated heterocycles. The Kier molecular flexibility index (Phi) is 6.63. The van der Waals surface area contributed by atoms with Gasteiger partial charge in [0.1, 0.15) is 40.7 Å². The molecule has 4 N–H and O–H groups in total. The van der Waals surface area contributed by atoms with Gasteiger partial charge in [0.2, 0.25) is 0 Å². The lowest BCUT2D eigenvalue weighted by atomic mass is 10.0. The SMILES string of the molecule is NC(=O)/C(=C/C1CC1)C(=O)N1CCC[C@H](n2nc(-c3ccc(Oc4cccc(F)c4)cc3)c3c(N)ncnc32)C1. The van der Waals surface area contributed by atoms with Crippen molar-refractivity contribution in [2.75, 3.05) is 18.8 Å². The summed E-state index contributed by atoms with van der Waals surface area (Å²) in [4.78, 5) is 35.6. The van der Waals surface area contributed by atoms with E-state index in [1.165, 1.54) is 18.5 Å². The Labute approximate surface area is 229 Å². The van der Waals surface area contributed by atoms with Crippen molar-refractivity contribution in [1.29, 1.82) is 0 Å². The number of halogens is 1. The molecule has 2 aliphatic rings. The van der Waals surface area contributed by atoms with Crippen LogP contribution in [0.3, 0.4) is 0 Å². The molecule has 1 saturated carbocycles. The fraction of sp³-hybridized carbons (Fsp3) is 0.276. The standard InChI is InChI=1S/C29H28FN7O3/c30-19-3-1-5-22(14-19)40-21-10-8-18(9-11-21)25-24-26(31)33-16-34-28(24)37(35-25)20-4-2-12-36(15-20)29(39)23(27(32)38)13-17-6-7-17/h1,3,5,8-11,13-14,16-17,20H,2,4,6-7,12,15H2,(H2,32,38)(H2,31,33,34)/b23-13-/t20-/m0/s1. The van der Waals surface area contributed by atoms with Crippen molar-refractivity contribution in [2.24, 2.45) is 11.7 Å². The lowest BCUT2D eigenvalue weighted by Gasteiger charge is -2.33. The van der Waals surface area contributed by atoms with Crippen molar-refractivity contribution < 1.29 is 18.7 Å². The molecule has 2 aromatic carbocycles. The number of benzene rings is 2. The summed E-state index contributed by atoms with van der Waals surface area (Å²) in [5, 5.41) is 5.51. The lowest BCUT2D eigenvalue weighted by Crippen LogP contribution is -2.43. The number of allylic oxidation sites excluding steroid dienone is 1. The molecule has 204 valence electrons. The zero-order valence-electron chi connectivity index (χ0n) is 21.7. The van der Waals surface area contributed by atoms with Crippen molar-refractivity contribution in [3.63, 3.8) is 0 Å². The van der Waals surface area contributed by atoms with Gasteiger partial charge >= 0.3 is 0 Å². The van der Waals surface area contributed by atoms with Gasteiger partial charge in [-0.15, -0.1) is 0 Å². The number of amides is 2. The molecule has 10 nitrogen and oxygen atoms in total. The first kappa shape index (κ1) is 25.5. The zero-order chi connectivity index (χ0) is 27.8. The van der Waals surface area contributed by atoms with E-state index < -0.39 is 5.91 Å². The molecule has 1 aliphatic carbocycles. The van der Waals surface area contributed by atoms with Gasteiger partial charge < -0.3 is 21.1 Å². The van der Waals surface area contributed by atoms with Gasteiger partial charge in [0.15, 0.2) is 5.65 Å². The minimum atomic E-state index is -0.698. The number of rotatable bonds is 7. The highest BCUT2D eigenvalue weighted by Crippen LogP contribution is 2.36. The van der Waals surface area contributed by atoms with Gasteiger partial charge in [-0.3, -0.25) is 9.59 Å². The molecule has 2 amide bonds. The summed E-state index contributed by atoms with van der Waals surface area (Å²) >= 11 is 0. The Hall–Kier alpha value is -4.80. The van der Waals surface area contributed by atoms with E-state index in [1.54, 1.807) is 39.9 Å². The molecule has 0 unspecified atom stereocenters. The second-order valence-electron chi connectivity index (χ2n) is 10.2. The number of ether oxygens (including phenoxy) is 1. The molecule has 1 atom stereocenters. The van der Waals surface area contributed by atoms with E-state index >= 15 is 0 Å². The van der Waals surface area contributed by atoms with Crippen molar-refractivity contribution >= 4 is 28.7 Å². The van der Waals surface area contributed by atoms with Crippen LogP contribution in [0.1, 0.15) is 31.7 Å². The molecule has 4 aromatic rings. The second kappa shape index (κ2) is 10.4. The number of anilines is 1. The predicted molar refractivity (Wildman–Crippen MR) is 146 cm³/mol. The lowest BCUT2D eigenvalue weighted by molar-refractivity contribution is -0.131. The van der Waals surface area contributed by atoms with E-state index in [9.17, 15) is 14.0 Å². The number of hydrogen-bond acceptors (Lipinski definition) is 7. The number of nitrogens with two attached hydrogens (primary N) is 2. The molecule has 3 heterocycles. The molecule has 0 spiro atoms. The number of carbonyl (C=O) groups is 2. The average molecular weight is 542 g/mol. The summed E-state index contributed by atoms with van der Waals surface area (Å²) in [6.45, 7) is 0.884. The van der Waals surface area contributed by atoms with Crippen LogP contribution < -0.4 is 16.2 Å². The summed E-state index contributed by atoms with van der Waals surface area (Å²) in [5.74, 6) is 0.0408. The second-order valence-corrected chi connectivity index (χ2v) is 10.2. The highest BCUT2D eigenvalue weighted by atomic mass is 19.1. The summed E-state index contributed by atoms with van der Waals surface area (Å²) in [6, 6.07) is 13.0. The molecular formula is C29H28FN7O3. The first-order valence-electron chi connectivity index (χ1n) is 13.2. The van der Waals surface area contributed by atoms with Crippen LogP contribution in [-0.4, -0.2) is 49.6 Å². The average Bonchev–Trinajstić information content (AvgIpc) is 3.69. The summed E-state index contributed by atoms with van der Waals surface area (Å²) < 4.78 is 21.1. The number of nitrogen functional groups attached to an aromatic ring is 1. The van der Waals surface area contributed by atoms with Gasteiger partial charge in [0, 0.05) is 24.7 Å². The van der Waals surface area contributed by atoms with E-state index in [1.807, 2.05) is 12.1 Å². The third-order valence-electron chi connectivity index (χ3n) is 7.23. The van der Waals surface area contributed by atoms with E-state index in [2.05, 4.69) is 9.97 Å². The number of carbonyl (C=O) groups excluding carboxylic acids is 2. The summed E-state index contributed by atoms with van der Waals surface area (Å²) in [5.41, 5.74) is 13.8. The Morgan fingerprint density at radius 3 is 2.58 bits per heavy atom. The fourth-order valence-electron chi connectivity index (χ4n) is 5.07. The topological polar surface area (TPSA) is 142 Å². The smallest absolute Gasteiger partial charge is 0.259 e. The first-order valence-corrected chi connectivity index (χ1v) is 13.2. The van der Waals surface area contributed by atoms with Gasteiger partial charge in [-0.25, -0.2) is 19.0 Å². The molecule has 11 heteroatoms. The maximum atomic E-state index is 13.5. The van der Waals surface area contributed by atoms with Crippen LogP contribution in [0.4, 0.5) is 10.2 Å². The Morgan fingerprint density at radius 1 is 1.05 bits per heavy atom. The van der Waals surface area contributed by atoms with Gasteiger partial charge in [-0.05, 0) is 68.0 Å². The minimum absolute atomic E-state index is 0.0567. The van der Waals surface area contributed by atoms with Crippen LogP contribution in [0.2, 0.25) is 0 Å². The molecule has 0 bridgehead atoms. The Balaban J connectivity index is 1.29. The van der Waals surface area contributed by atoms with Crippen LogP contribution in [0.5, 0.6) is 11.5 Å². The highest BCUT2D eigenvalue weighted by Gasteiger charge is 2.32. The fourth-order valence-corrected chi connectivity index (χ4v) is 5.07. The molecule has 40 heavy (non-hydrogen) atoms. The van der Waals surface area contributed by atoms with Crippen molar-refractivity contribution in [3.8, 4) is 22.8 Å². The number of primary amides is 1. The number of hydrogen-bond donors (Lipinski definition) is 2. The molecule has 1 aliphatic heterocycles. The van der Waals surface area contributed by atoms with Crippen molar-refractivity contribution in [3.05, 3.63) is 72.3 Å². The third kappa shape index (κ3) is 5.09. The van der Waals surface area contributed by atoms with Crippen molar-refractivity contribution in [2.45, 2.75) is 31.7 Å². The molecule has 2 fully saturated rings. The van der Waals surface area contributed by atoms with Crippen LogP contribution in [0.15, 0.2) is 66.5 Å².